The molecule has 0 aliphatic carbocycles. The van der Waals surface area contributed by atoms with E-state index in [9.17, 15) is 9.90 Å². The van der Waals surface area contributed by atoms with E-state index in [0.29, 0.717) is 0 Å². The summed E-state index contributed by atoms with van der Waals surface area (Å²) in [5, 5.41) is 10.3. The van der Waals surface area contributed by atoms with Crippen molar-refractivity contribution in [1.82, 2.24) is 4.90 Å². The summed E-state index contributed by atoms with van der Waals surface area (Å²) in [5.74, 6) is 1.70. The third-order valence-corrected chi connectivity index (χ3v) is 4.47. The number of furan rings is 1. The van der Waals surface area contributed by atoms with Crippen molar-refractivity contribution in [1.29, 1.82) is 0 Å². The Morgan fingerprint density at radius 3 is 2.74 bits per heavy atom. The van der Waals surface area contributed by atoms with Crippen molar-refractivity contribution in [3.63, 3.8) is 0 Å². The van der Waals surface area contributed by atoms with Crippen molar-refractivity contribution in [2.24, 2.45) is 0 Å². The van der Waals surface area contributed by atoms with Gasteiger partial charge in [-0.3, -0.25) is 4.79 Å². The Kier molecular flexibility index (Phi) is 4.82. The average molecular weight is 313 g/mol. The van der Waals surface area contributed by atoms with Gasteiger partial charge in [-0.05, 0) is 43.9 Å². The van der Waals surface area contributed by atoms with Gasteiger partial charge in [0.15, 0.2) is 0 Å². The van der Waals surface area contributed by atoms with Crippen LogP contribution in [0, 0.1) is 6.92 Å². The molecule has 0 saturated carbocycles. The molecule has 1 aromatic heterocycles. The topological polar surface area (TPSA) is 53.7 Å². The normalized spacial score (nSPS) is 19.6. The Morgan fingerprint density at radius 2 is 2.04 bits per heavy atom. The summed E-state index contributed by atoms with van der Waals surface area (Å²) in [6, 6.07) is 13.2. The molecular weight excluding hydrogens is 290 g/mol. The van der Waals surface area contributed by atoms with Crippen LogP contribution in [0.2, 0.25) is 0 Å². The van der Waals surface area contributed by atoms with Crippen LogP contribution in [0.5, 0.6) is 0 Å². The van der Waals surface area contributed by atoms with E-state index in [2.05, 4.69) is 0 Å². The SMILES string of the molecule is Cc1ccc(C2CCCCN2C(=O)CC(O)c2ccccc2)o1. The number of benzene rings is 1. The molecular formula is C19H23NO3. The van der Waals surface area contributed by atoms with E-state index in [1.165, 1.54) is 0 Å². The van der Waals surface area contributed by atoms with Crippen molar-refractivity contribution in [2.45, 2.75) is 44.8 Å². The van der Waals surface area contributed by atoms with Crippen molar-refractivity contribution in [2.75, 3.05) is 6.54 Å². The van der Waals surface area contributed by atoms with Crippen LogP contribution in [-0.2, 0) is 4.79 Å². The molecule has 2 atom stereocenters. The van der Waals surface area contributed by atoms with Gasteiger partial charge in [0.1, 0.15) is 11.5 Å². The Hall–Kier alpha value is -2.07. The number of hydrogen-bond acceptors (Lipinski definition) is 3. The maximum absolute atomic E-state index is 12.7. The second-order valence-corrected chi connectivity index (χ2v) is 6.18. The van der Waals surface area contributed by atoms with Crippen molar-refractivity contribution >= 4 is 5.91 Å². The van der Waals surface area contributed by atoms with Gasteiger partial charge in [-0.15, -0.1) is 0 Å². The molecule has 1 aromatic carbocycles. The Morgan fingerprint density at radius 1 is 1.26 bits per heavy atom. The number of rotatable bonds is 4. The fourth-order valence-corrected chi connectivity index (χ4v) is 3.23. The molecule has 23 heavy (non-hydrogen) atoms. The average Bonchev–Trinajstić information content (AvgIpc) is 3.02. The van der Waals surface area contributed by atoms with E-state index in [0.717, 1.165) is 42.9 Å². The summed E-state index contributed by atoms with van der Waals surface area (Å²) in [6.07, 6.45) is 2.36. The molecule has 2 heterocycles. The number of nitrogens with zero attached hydrogens (tertiary/aromatic N) is 1. The third-order valence-electron chi connectivity index (χ3n) is 4.47. The van der Waals surface area contributed by atoms with Gasteiger partial charge >= 0.3 is 0 Å². The highest BCUT2D eigenvalue weighted by Crippen LogP contribution is 2.33. The highest BCUT2D eigenvalue weighted by Gasteiger charge is 2.31. The first-order valence-electron chi connectivity index (χ1n) is 8.24. The number of likely N-dealkylation sites (tertiary alicyclic amines) is 1. The van der Waals surface area contributed by atoms with Gasteiger partial charge in [0.05, 0.1) is 18.6 Å². The van der Waals surface area contributed by atoms with Crippen molar-refractivity contribution in [3.8, 4) is 0 Å². The molecule has 122 valence electrons. The number of aliphatic hydroxyl groups is 1. The van der Waals surface area contributed by atoms with Crippen LogP contribution in [0.4, 0.5) is 0 Å². The lowest BCUT2D eigenvalue weighted by Crippen LogP contribution is -2.39. The van der Waals surface area contributed by atoms with Gasteiger partial charge in [0.25, 0.3) is 0 Å². The van der Waals surface area contributed by atoms with Crippen LogP contribution < -0.4 is 0 Å². The first-order chi connectivity index (χ1) is 11.1. The first-order valence-corrected chi connectivity index (χ1v) is 8.24. The maximum Gasteiger partial charge on any atom is 0.226 e. The van der Waals surface area contributed by atoms with Gasteiger partial charge in [0, 0.05) is 6.54 Å². The Bertz CT molecular complexity index is 650. The van der Waals surface area contributed by atoms with E-state index in [1.807, 2.05) is 54.3 Å². The van der Waals surface area contributed by atoms with Gasteiger partial charge in [-0.25, -0.2) is 0 Å². The fourth-order valence-electron chi connectivity index (χ4n) is 3.23. The van der Waals surface area contributed by atoms with Gasteiger partial charge in [0.2, 0.25) is 5.91 Å². The summed E-state index contributed by atoms with van der Waals surface area (Å²) >= 11 is 0. The summed E-state index contributed by atoms with van der Waals surface area (Å²) in [6.45, 7) is 2.64. The highest BCUT2D eigenvalue weighted by atomic mass is 16.3. The number of piperidine rings is 1. The predicted molar refractivity (Wildman–Crippen MR) is 87.8 cm³/mol. The summed E-state index contributed by atoms with van der Waals surface area (Å²) in [7, 11) is 0. The van der Waals surface area contributed by atoms with E-state index >= 15 is 0 Å². The molecule has 2 unspecified atom stereocenters. The van der Waals surface area contributed by atoms with Gasteiger partial charge in [-0.2, -0.15) is 0 Å². The van der Waals surface area contributed by atoms with Gasteiger partial charge in [-0.1, -0.05) is 30.3 Å². The first kappa shape index (κ1) is 15.8. The molecule has 0 bridgehead atoms. The lowest BCUT2D eigenvalue weighted by atomic mass is 9.98. The molecule has 1 aliphatic heterocycles. The number of carbonyl (C=O) groups excluding carboxylic acids is 1. The minimum atomic E-state index is -0.760. The molecule has 0 radical (unpaired) electrons. The molecule has 0 spiro atoms. The second-order valence-electron chi connectivity index (χ2n) is 6.18. The lowest BCUT2D eigenvalue weighted by molar-refractivity contribution is -0.137. The largest absolute Gasteiger partial charge is 0.464 e. The van der Waals surface area contributed by atoms with Crippen molar-refractivity contribution in [3.05, 3.63) is 59.5 Å². The second kappa shape index (κ2) is 7.01. The summed E-state index contributed by atoms with van der Waals surface area (Å²) in [5.41, 5.74) is 0.781. The van der Waals surface area contributed by atoms with E-state index in [-0.39, 0.29) is 18.4 Å². The molecule has 1 N–H and O–H groups in total. The van der Waals surface area contributed by atoms with Gasteiger partial charge < -0.3 is 14.4 Å². The standard InChI is InChI=1S/C19H23NO3/c1-14-10-11-18(23-14)16-9-5-6-12-20(16)19(22)13-17(21)15-7-3-2-4-8-15/h2-4,7-8,10-11,16-17,21H,5-6,9,12-13H2,1H3. The van der Waals surface area contributed by atoms with E-state index < -0.39 is 6.10 Å². The van der Waals surface area contributed by atoms with Crippen LogP contribution in [0.1, 0.15) is 54.9 Å². The van der Waals surface area contributed by atoms with E-state index in [4.69, 9.17) is 4.42 Å². The fraction of sp³-hybridized carbons (Fsp3) is 0.421. The maximum atomic E-state index is 12.7. The molecule has 4 nitrogen and oxygen atoms in total. The van der Waals surface area contributed by atoms with Crippen LogP contribution in [0.25, 0.3) is 0 Å². The molecule has 4 heteroatoms. The lowest BCUT2D eigenvalue weighted by Gasteiger charge is -2.35. The zero-order valence-corrected chi connectivity index (χ0v) is 13.4. The van der Waals surface area contributed by atoms with E-state index in [1.54, 1.807) is 0 Å². The Labute approximate surface area is 136 Å². The van der Waals surface area contributed by atoms with Crippen LogP contribution in [-0.4, -0.2) is 22.5 Å². The third kappa shape index (κ3) is 3.64. The van der Waals surface area contributed by atoms with Crippen molar-refractivity contribution < 1.29 is 14.3 Å². The monoisotopic (exact) mass is 313 g/mol. The van der Waals surface area contributed by atoms with Crippen LogP contribution in [0.15, 0.2) is 46.9 Å². The highest BCUT2D eigenvalue weighted by molar-refractivity contribution is 5.77. The number of aryl methyl sites for hydroxylation is 1. The minimum absolute atomic E-state index is 0.00655. The van der Waals surface area contributed by atoms with Crippen LogP contribution in [0.3, 0.4) is 0 Å². The predicted octanol–water partition coefficient (Wildman–Crippen LogP) is 3.77. The quantitative estimate of drug-likeness (QED) is 0.935. The summed E-state index contributed by atoms with van der Waals surface area (Å²) in [4.78, 5) is 14.6. The number of aliphatic hydroxyl groups excluding tert-OH is 1. The molecule has 3 rings (SSSR count). The molecule has 1 fully saturated rings. The van der Waals surface area contributed by atoms with Crippen LogP contribution >= 0.6 is 0 Å². The zero-order chi connectivity index (χ0) is 16.2. The number of amides is 1. The summed E-state index contributed by atoms with van der Waals surface area (Å²) < 4.78 is 5.74. The zero-order valence-electron chi connectivity index (χ0n) is 13.4. The number of hydrogen-bond donors (Lipinski definition) is 1. The molecule has 1 aliphatic rings. The Balaban J connectivity index is 1.71. The minimum Gasteiger partial charge on any atom is -0.464 e. The number of carbonyl (C=O) groups is 1. The molecule has 1 amide bonds. The molecule has 1 saturated heterocycles. The molecule has 2 aromatic rings. The smallest absolute Gasteiger partial charge is 0.226 e.